The summed E-state index contributed by atoms with van der Waals surface area (Å²) in [6.07, 6.45) is 3.34. The molecule has 0 bridgehead atoms. The maximum Gasteiger partial charge on any atom is 0.252 e. The molecule has 5 heteroatoms. The third kappa shape index (κ3) is 3.93. The highest BCUT2D eigenvalue weighted by atomic mass is 16.6. The van der Waals surface area contributed by atoms with Crippen LogP contribution in [0.1, 0.15) is 29.9 Å². The van der Waals surface area contributed by atoms with Crippen LogP contribution in [0.3, 0.4) is 0 Å². The highest BCUT2D eigenvalue weighted by Crippen LogP contribution is 2.32. The third-order valence-corrected chi connectivity index (χ3v) is 4.57. The second-order valence-corrected chi connectivity index (χ2v) is 6.54. The first-order valence-electron chi connectivity index (χ1n) is 9.22. The van der Waals surface area contributed by atoms with Crippen molar-refractivity contribution >= 4 is 17.6 Å². The molecule has 142 valence electrons. The van der Waals surface area contributed by atoms with Crippen LogP contribution >= 0.6 is 0 Å². The van der Waals surface area contributed by atoms with E-state index >= 15 is 0 Å². The van der Waals surface area contributed by atoms with Gasteiger partial charge in [-0.3, -0.25) is 4.79 Å². The minimum Gasteiger partial charge on any atom is -0.486 e. The minimum absolute atomic E-state index is 0.176. The Balaban J connectivity index is 1.57. The SMILES string of the molecule is C[C@H](NC(=O)/C(=C/c1ccco1)c1ccccc1)c1ccc2c(c1)OCCO2. The third-order valence-electron chi connectivity index (χ3n) is 4.57. The molecule has 28 heavy (non-hydrogen) atoms. The van der Waals surface area contributed by atoms with Crippen LogP contribution in [0.4, 0.5) is 0 Å². The molecule has 1 aliphatic heterocycles. The molecule has 0 spiro atoms. The fourth-order valence-corrected chi connectivity index (χ4v) is 3.10. The summed E-state index contributed by atoms with van der Waals surface area (Å²) in [5.41, 5.74) is 2.31. The Kier molecular flexibility index (Phi) is 5.15. The number of nitrogens with one attached hydrogen (secondary N) is 1. The molecule has 1 amide bonds. The van der Waals surface area contributed by atoms with Gasteiger partial charge in [0.1, 0.15) is 19.0 Å². The van der Waals surface area contributed by atoms with Gasteiger partial charge in [0, 0.05) is 0 Å². The van der Waals surface area contributed by atoms with Crippen LogP contribution in [-0.4, -0.2) is 19.1 Å². The zero-order valence-electron chi connectivity index (χ0n) is 15.6. The van der Waals surface area contributed by atoms with Crippen LogP contribution in [-0.2, 0) is 4.79 Å². The van der Waals surface area contributed by atoms with E-state index in [1.165, 1.54) is 0 Å². The van der Waals surface area contributed by atoms with Crippen molar-refractivity contribution in [2.75, 3.05) is 13.2 Å². The van der Waals surface area contributed by atoms with Crippen molar-refractivity contribution in [1.29, 1.82) is 0 Å². The van der Waals surface area contributed by atoms with E-state index in [-0.39, 0.29) is 11.9 Å². The number of hydrogen-bond acceptors (Lipinski definition) is 4. The van der Waals surface area contributed by atoms with Crippen LogP contribution in [0.2, 0.25) is 0 Å². The second-order valence-electron chi connectivity index (χ2n) is 6.54. The number of furan rings is 1. The van der Waals surface area contributed by atoms with Crippen LogP contribution in [0, 0.1) is 0 Å². The molecule has 0 radical (unpaired) electrons. The Morgan fingerprint density at radius 3 is 2.54 bits per heavy atom. The molecule has 0 aliphatic carbocycles. The standard InChI is InChI=1S/C23H21NO4/c1-16(18-9-10-21-22(14-18)28-13-12-27-21)24-23(25)20(15-19-8-5-11-26-19)17-6-3-2-4-7-17/h2-11,14-16H,12-13H2,1H3,(H,24,25)/b20-15+/t16-/m0/s1. The van der Waals surface area contributed by atoms with Gasteiger partial charge in [-0.1, -0.05) is 36.4 Å². The number of fused-ring (bicyclic) bond motifs is 1. The molecular weight excluding hydrogens is 354 g/mol. The second kappa shape index (κ2) is 8.05. The average molecular weight is 375 g/mol. The fraction of sp³-hybridized carbons (Fsp3) is 0.174. The Bertz CT molecular complexity index is 977. The number of carbonyl (C=O) groups excluding carboxylic acids is 1. The van der Waals surface area contributed by atoms with Crippen LogP contribution in [0.5, 0.6) is 11.5 Å². The van der Waals surface area contributed by atoms with Gasteiger partial charge in [-0.05, 0) is 48.4 Å². The van der Waals surface area contributed by atoms with Gasteiger partial charge in [0.2, 0.25) is 0 Å². The quantitative estimate of drug-likeness (QED) is 0.669. The van der Waals surface area contributed by atoms with Gasteiger partial charge in [-0.25, -0.2) is 0 Å². The number of amides is 1. The van der Waals surface area contributed by atoms with E-state index in [9.17, 15) is 4.79 Å². The Morgan fingerprint density at radius 2 is 1.79 bits per heavy atom. The lowest BCUT2D eigenvalue weighted by Gasteiger charge is -2.21. The van der Waals surface area contributed by atoms with Crippen LogP contribution in [0.25, 0.3) is 11.6 Å². The normalized spacial score (nSPS) is 14.4. The van der Waals surface area contributed by atoms with Crippen molar-refractivity contribution in [3.05, 3.63) is 83.8 Å². The van der Waals surface area contributed by atoms with Crippen molar-refractivity contribution < 1.29 is 18.7 Å². The highest BCUT2D eigenvalue weighted by Gasteiger charge is 2.18. The fourth-order valence-electron chi connectivity index (χ4n) is 3.10. The lowest BCUT2D eigenvalue weighted by atomic mass is 10.0. The number of rotatable bonds is 5. The van der Waals surface area contributed by atoms with Crippen molar-refractivity contribution in [3.8, 4) is 11.5 Å². The van der Waals surface area contributed by atoms with Crippen molar-refractivity contribution in [3.63, 3.8) is 0 Å². The molecule has 4 rings (SSSR count). The Hall–Kier alpha value is -3.47. The summed E-state index contributed by atoms with van der Waals surface area (Å²) in [6, 6.07) is 18.7. The number of benzene rings is 2. The molecule has 1 aliphatic rings. The first kappa shape index (κ1) is 17.9. The van der Waals surface area contributed by atoms with Gasteiger partial charge in [0.25, 0.3) is 5.91 Å². The van der Waals surface area contributed by atoms with E-state index in [2.05, 4.69) is 5.32 Å². The highest BCUT2D eigenvalue weighted by molar-refractivity contribution is 6.24. The summed E-state index contributed by atoms with van der Waals surface area (Å²) >= 11 is 0. The molecule has 0 saturated carbocycles. The molecule has 3 aromatic rings. The number of hydrogen-bond donors (Lipinski definition) is 1. The summed E-state index contributed by atoms with van der Waals surface area (Å²) < 4.78 is 16.6. The molecule has 2 aromatic carbocycles. The van der Waals surface area contributed by atoms with Gasteiger partial charge in [-0.15, -0.1) is 0 Å². The molecule has 5 nitrogen and oxygen atoms in total. The topological polar surface area (TPSA) is 60.7 Å². The summed E-state index contributed by atoms with van der Waals surface area (Å²) in [6.45, 7) is 3.02. The van der Waals surface area contributed by atoms with E-state index in [4.69, 9.17) is 13.9 Å². The molecule has 2 heterocycles. The van der Waals surface area contributed by atoms with E-state index in [1.54, 1.807) is 18.4 Å². The van der Waals surface area contributed by atoms with Crippen LogP contribution in [0.15, 0.2) is 71.3 Å². The predicted octanol–water partition coefficient (Wildman–Crippen LogP) is 4.47. The zero-order chi connectivity index (χ0) is 19.3. The van der Waals surface area contributed by atoms with Gasteiger partial charge in [0.15, 0.2) is 11.5 Å². The molecular formula is C23H21NO4. The van der Waals surface area contributed by atoms with Gasteiger partial charge in [0.05, 0.1) is 17.9 Å². The smallest absolute Gasteiger partial charge is 0.252 e. The number of carbonyl (C=O) groups is 1. The summed E-state index contributed by atoms with van der Waals surface area (Å²) in [4.78, 5) is 13.1. The van der Waals surface area contributed by atoms with E-state index in [1.807, 2.05) is 61.5 Å². The average Bonchev–Trinajstić information content (AvgIpc) is 3.25. The monoisotopic (exact) mass is 375 g/mol. The van der Waals surface area contributed by atoms with Crippen molar-refractivity contribution in [1.82, 2.24) is 5.32 Å². The van der Waals surface area contributed by atoms with E-state index < -0.39 is 0 Å². The van der Waals surface area contributed by atoms with Gasteiger partial charge < -0.3 is 19.2 Å². The van der Waals surface area contributed by atoms with Crippen LogP contribution < -0.4 is 14.8 Å². The zero-order valence-corrected chi connectivity index (χ0v) is 15.6. The largest absolute Gasteiger partial charge is 0.486 e. The maximum absolute atomic E-state index is 13.1. The summed E-state index contributed by atoms with van der Waals surface area (Å²) in [5.74, 6) is 1.89. The number of ether oxygens (including phenoxy) is 2. The van der Waals surface area contributed by atoms with E-state index in [0.29, 0.717) is 30.3 Å². The first-order chi connectivity index (χ1) is 13.7. The predicted molar refractivity (Wildman–Crippen MR) is 107 cm³/mol. The summed E-state index contributed by atoms with van der Waals surface area (Å²) in [7, 11) is 0. The van der Waals surface area contributed by atoms with Crippen molar-refractivity contribution in [2.45, 2.75) is 13.0 Å². The Labute approximate surface area is 163 Å². The lowest BCUT2D eigenvalue weighted by Crippen LogP contribution is -2.27. The summed E-state index contributed by atoms with van der Waals surface area (Å²) in [5, 5.41) is 3.07. The van der Waals surface area contributed by atoms with E-state index in [0.717, 1.165) is 16.9 Å². The molecule has 1 aromatic heterocycles. The molecule has 0 unspecified atom stereocenters. The maximum atomic E-state index is 13.1. The molecule has 1 N–H and O–H groups in total. The molecule has 1 atom stereocenters. The van der Waals surface area contributed by atoms with Gasteiger partial charge >= 0.3 is 0 Å². The van der Waals surface area contributed by atoms with Crippen molar-refractivity contribution in [2.24, 2.45) is 0 Å². The molecule has 0 fully saturated rings. The molecule has 0 saturated heterocycles. The minimum atomic E-state index is -0.202. The lowest BCUT2D eigenvalue weighted by molar-refractivity contribution is -0.116. The Morgan fingerprint density at radius 1 is 1.00 bits per heavy atom. The van der Waals surface area contributed by atoms with Gasteiger partial charge in [-0.2, -0.15) is 0 Å². The first-order valence-corrected chi connectivity index (χ1v) is 9.22.